The molecule has 1 unspecified atom stereocenters. The number of nitrogens with zero attached hydrogens (tertiary/aromatic N) is 3. The van der Waals surface area contributed by atoms with Crippen LogP contribution in [0.4, 0.5) is 23.7 Å². The van der Waals surface area contributed by atoms with Gasteiger partial charge in [-0.1, -0.05) is 36.3 Å². The molecule has 9 heteroatoms. The van der Waals surface area contributed by atoms with Gasteiger partial charge < -0.3 is 9.84 Å². The molecule has 0 bridgehead atoms. The Morgan fingerprint density at radius 1 is 0.944 bits per heavy atom. The van der Waals surface area contributed by atoms with E-state index in [2.05, 4.69) is 15.5 Å². The van der Waals surface area contributed by atoms with E-state index in [-0.39, 0.29) is 17.4 Å². The van der Waals surface area contributed by atoms with E-state index in [4.69, 9.17) is 4.52 Å². The number of hydrogen-bond acceptors (Lipinski definition) is 4. The molecule has 1 aliphatic rings. The Bertz CT molecular complexity index is 1440. The van der Waals surface area contributed by atoms with Gasteiger partial charge in [0.05, 0.1) is 17.3 Å². The number of urea groups is 1. The zero-order valence-electron chi connectivity index (χ0n) is 19.4. The van der Waals surface area contributed by atoms with Crippen molar-refractivity contribution in [1.29, 1.82) is 0 Å². The summed E-state index contributed by atoms with van der Waals surface area (Å²) in [4.78, 5) is 18.9. The van der Waals surface area contributed by atoms with Crippen molar-refractivity contribution in [2.75, 3.05) is 4.90 Å². The van der Waals surface area contributed by atoms with Crippen LogP contribution >= 0.6 is 0 Å². The third kappa shape index (κ3) is 4.35. The molecule has 2 amide bonds. The van der Waals surface area contributed by atoms with Gasteiger partial charge in [-0.3, -0.25) is 4.90 Å². The highest BCUT2D eigenvalue weighted by atomic mass is 19.1. The van der Waals surface area contributed by atoms with E-state index in [1.165, 1.54) is 29.2 Å². The minimum Gasteiger partial charge on any atom is -0.334 e. The third-order valence-corrected chi connectivity index (χ3v) is 6.07. The van der Waals surface area contributed by atoms with Crippen molar-refractivity contribution in [1.82, 2.24) is 15.5 Å². The Hall–Kier alpha value is -4.40. The summed E-state index contributed by atoms with van der Waals surface area (Å²) in [5, 5.41) is 6.93. The number of carbonyl (C=O) groups is 1. The molecule has 0 spiro atoms. The number of nitrogens with one attached hydrogen (secondary N) is 1. The summed E-state index contributed by atoms with van der Waals surface area (Å²) >= 11 is 0. The maximum absolute atomic E-state index is 14.0. The van der Waals surface area contributed by atoms with Crippen molar-refractivity contribution in [3.05, 3.63) is 107 Å². The number of hydrogen-bond donors (Lipinski definition) is 1. The van der Waals surface area contributed by atoms with Crippen molar-refractivity contribution >= 4 is 17.3 Å². The number of benzene rings is 3. The summed E-state index contributed by atoms with van der Waals surface area (Å²) in [6, 6.07) is 15.0. The van der Waals surface area contributed by atoms with Gasteiger partial charge in [-0.15, -0.1) is 0 Å². The molecule has 1 aliphatic heterocycles. The molecule has 182 valence electrons. The Kier molecular flexibility index (Phi) is 6.05. The molecule has 36 heavy (non-hydrogen) atoms. The molecule has 1 atom stereocenters. The lowest BCUT2D eigenvalue weighted by Gasteiger charge is -2.35. The van der Waals surface area contributed by atoms with Crippen LogP contribution in [0.25, 0.3) is 17.0 Å². The molecule has 5 rings (SSSR count). The molecule has 4 aromatic rings. The normalized spacial score (nSPS) is 15.9. The molecule has 6 nitrogen and oxygen atoms in total. The van der Waals surface area contributed by atoms with E-state index >= 15 is 0 Å². The third-order valence-electron chi connectivity index (χ3n) is 6.07. The molecular formula is C27H21F3N4O2. The molecule has 2 heterocycles. The maximum atomic E-state index is 14.0. The van der Waals surface area contributed by atoms with Crippen molar-refractivity contribution in [2.45, 2.75) is 26.3 Å². The van der Waals surface area contributed by atoms with Gasteiger partial charge in [-0.05, 0) is 60.9 Å². The molecule has 0 saturated carbocycles. The Labute approximate surface area is 205 Å². The summed E-state index contributed by atoms with van der Waals surface area (Å²) < 4.78 is 47.0. The summed E-state index contributed by atoms with van der Waals surface area (Å²) in [5.41, 5.74) is 3.26. The second-order valence-corrected chi connectivity index (χ2v) is 8.37. The van der Waals surface area contributed by atoms with Gasteiger partial charge in [0.1, 0.15) is 17.5 Å². The van der Waals surface area contributed by atoms with Crippen LogP contribution < -0.4 is 10.2 Å². The van der Waals surface area contributed by atoms with Crippen molar-refractivity contribution in [3.63, 3.8) is 0 Å². The summed E-state index contributed by atoms with van der Waals surface area (Å²) in [6.45, 7) is 3.68. The number of aryl methyl sites for hydroxylation is 1. The average molecular weight is 490 g/mol. The lowest BCUT2D eigenvalue weighted by atomic mass is 9.93. The number of rotatable bonds is 5. The van der Waals surface area contributed by atoms with Gasteiger partial charge in [0, 0.05) is 17.3 Å². The van der Waals surface area contributed by atoms with Crippen LogP contribution in [0.3, 0.4) is 0 Å². The first-order valence-corrected chi connectivity index (χ1v) is 11.3. The Balaban J connectivity index is 1.65. The van der Waals surface area contributed by atoms with Gasteiger partial charge in [-0.2, -0.15) is 4.98 Å². The first kappa shape index (κ1) is 23.3. The molecule has 0 saturated heterocycles. The van der Waals surface area contributed by atoms with Crippen molar-refractivity contribution < 1.29 is 22.5 Å². The summed E-state index contributed by atoms with van der Waals surface area (Å²) in [7, 11) is 0. The van der Waals surface area contributed by atoms with E-state index in [0.717, 1.165) is 35.7 Å². The van der Waals surface area contributed by atoms with Crippen molar-refractivity contribution in [3.8, 4) is 11.4 Å². The second kappa shape index (κ2) is 9.33. The summed E-state index contributed by atoms with van der Waals surface area (Å²) in [6.07, 6.45) is 0.850. The minimum absolute atomic E-state index is 0.0121. The molecular weight excluding hydrogens is 469 g/mol. The SMILES string of the molecule is CCc1ccc(C2NC(=O)N(c3cc(F)cc(F)c3)C(C)=C2c2nc(-c3ccc(F)cc3)no2)cc1. The number of allylic oxidation sites excluding steroid dienone is 1. The molecule has 0 fully saturated rings. The largest absolute Gasteiger partial charge is 0.334 e. The second-order valence-electron chi connectivity index (χ2n) is 8.37. The van der Waals surface area contributed by atoms with E-state index in [0.29, 0.717) is 16.8 Å². The molecule has 1 N–H and O–H groups in total. The number of anilines is 1. The fourth-order valence-electron chi connectivity index (χ4n) is 4.24. The predicted octanol–water partition coefficient (Wildman–Crippen LogP) is 6.42. The van der Waals surface area contributed by atoms with Gasteiger partial charge in [0.25, 0.3) is 5.89 Å². The molecule has 0 radical (unpaired) electrons. The number of carbonyl (C=O) groups excluding carboxylic acids is 1. The van der Waals surface area contributed by atoms with Gasteiger partial charge in [0.15, 0.2) is 0 Å². The zero-order valence-corrected chi connectivity index (χ0v) is 19.4. The average Bonchev–Trinajstić information content (AvgIpc) is 3.33. The van der Waals surface area contributed by atoms with E-state index in [9.17, 15) is 18.0 Å². The van der Waals surface area contributed by atoms with E-state index in [1.54, 1.807) is 6.92 Å². The maximum Gasteiger partial charge on any atom is 0.327 e. The number of halogens is 3. The van der Waals surface area contributed by atoms with E-state index in [1.807, 2.05) is 31.2 Å². The monoisotopic (exact) mass is 490 g/mol. The van der Waals surface area contributed by atoms with Crippen LogP contribution in [-0.2, 0) is 6.42 Å². The van der Waals surface area contributed by atoms with Gasteiger partial charge >= 0.3 is 6.03 Å². The quantitative estimate of drug-likeness (QED) is 0.351. The minimum atomic E-state index is -0.819. The first-order chi connectivity index (χ1) is 17.3. The molecule has 3 aromatic carbocycles. The topological polar surface area (TPSA) is 71.3 Å². The fraction of sp³-hybridized carbons (Fsp3) is 0.148. The standard InChI is InChI=1S/C27H21F3N4O2/c1-3-16-4-6-17(7-5-16)24-23(26-32-25(33-36-26)18-8-10-19(28)11-9-18)15(2)34(27(35)31-24)22-13-20(29)12-21(30)14-22/h4-14,24H,3H2,1-2H3,(H,31,35). The van der Waals surface area contributed by atoms with Gasteiger partial charge in [0.2, 0.25) is 5.82 Å². The molecule has 0 aliphatic carbocycles. The first-order valence-electron chi connectivity index (χ1n) is 11.3. The fourth-order valence-corrected chi connectivity index (χ4v) is 4.24. The van der Waals surface area contributed by atoms with Gasteiger partial charge in [-0.25, -0.2) is 18.0 Å². The number of amides is 2. The highest BCUT2D eigenvalue weighted by molar-refractivity contribution is 6.01. The zero-order chi connectivity index (χ0) is 25.4. The molecule has 1 aromatic heterocycles. The van der Waals surface area contributed by atoms with Crippen LogP contribution in [0.5, 0.6) is 0 Å². The van der Waals surface area contributed by atoms with Crippen LogP contribution in [0.15, 0.2) is 77.0 Å². The Morgan fingerprint density at radius 2 is 1.61 bits per heavy atom. The smallest absolute Gasteiger partial charge is 0.327 e. The highest BCUT2D eigenvalue weighted by Gasteiger charge is 2.36. The van der Waals surface area contributed by atoms with Crippen LogP contribution in [0, 0.1) is 17.5 Å². The Morgan fingerprint density at radius 3 is 2.25 bits per heavy atom. The lowest BCUT2D eigenvalue weighted by molar-refractivity contribution is 0.244. The lowest BCUT2D eigenvalue weighted by Crippen LogP contribution is -2.46. The van der Waals surface area contributed by atoms with Crippen LogP contribution in [-0.4, -0.2) is 16.2 Å². The van der Waals surface area contributed by atoms with Crippen LogP contribution in [0.1, 0.15) is 36.9 Å². The predicted molar refractivity (Wildman–Crippen MR) is 128 cm³/mol. The van der Waals surface area contributed by atoms with Crippen LogP contribution in [0.2, 0.25) is 0 Å². The van der Waals surface area contributed by atoms with Crippen molar-refractivity contribution in [2.24, 2.45) is 0 Å². The number of aromatic nitrogens is 2. The highest BCUT2D eigenvalue weighted by Crippen LogP contribution is 2.39. The summed E-state index contributed by atoms with van der Waals surface area (Å²) in [5.74, 6) is -1.70. The van der Waals surface area contributed by atoms with E-state index < -0.39 is 29.5 Å².